The lowest BCUT2D eigenvalue weighted by molar-refractivity contribution is 0.0933. The average molecular weight is 445 g/mol. The standard InChI is InChI=1S/C22H29FN6OS/c1-3-6-16(11-15-13-24-19-8-5-4-7-18(15)19)25-20(30)21-26-27-22(31-21)29-10-9-28(2)17(12-23)14-29/h4-5,7-8,13,16-17,24H,3,6,9-12,14H2,1-2H3,(H,25,30). The van der Waals surface area contributed by atoms with Crippen LogP contribution < -0.4 is 10.2 Å². The minimum atomic E-state index is -0.397. The van der Waals surface area contributed by atoms with Crippen LogP contribution >= 0.6 is 11.3 Å². The fourth-order valence-electron chi connectivity index (χ4n) is 4.11. The van der Waals surface area contributed by atoms with Crippen LogP contribution in [0.3, 0.4) is 0 Å². The van der Waals surface area contributed by atoms with E-state index in [2.05, 4.69) is 39.6 Å². The summed E-state index contributed by atoms with van der Waals surface area (Å²) in [4.78, 5) is 20.2. The van der Waals surface area contributed by atoms with Crippen molar-refractivity contribution in [3.63, 3.8) is 0 Å². The van der Waals surface area contributed by atoms with E-state index in [-0.39, 0.29) is 18.0 Å². The zero-order valence-corrected chi connectivity index (χ0v) is 18.8. The lowest BCUT2D eigenvalue weighted by Gasteiger charge is -2.37. The average Bonchev–Trinajstić information content (AvgIpc) is 3.42. The highest BCUT2D eigenvalue weighted by atomic mass is 32.1. The summed E-state index contributed by atoms with van der Waals surface area (Å²) in [6.07, 6.45) is 4.64. The fourth-order valence-corrected chi connectivity index (χ4v) is 4.89. The number of carbonyl (C=O) groups is 1. The second-order valence-corrected chi connectivity index (χ2v) is 9.10. The Labute approximate surface area is 185 Å². The molecule has 2 atom stereocenters. The number of benzene rings is 1. The molecular formula is C22H29FN6OS. The van der Waals surface area contributed by atoms with Gasteiger partial charge in [0.1, 0.15) is 6.67 Å². The summed E-state index contributed by atoms with van der Waals surface area (Å²) in [5.74, 6) is -0.196. The monoisotopic (exact) mass is 444 g/mol. The molecule has 9 heteroatoms. The fraction of sp³-hybridized carbons (Fsp3) is 0.500. The van der Waals surface area contributed by atoms with Gasteiger partial charge in [-0.2, -0.15) is 0 Å². The van der Waals surface area contributed by atoms with Crippen molar-refractivity contribution in [2.24, 2.45) is 0 Å². The third-order valence-electron chi connectivity index (χ3n) is 5.95. The van der Waals surface area contributed by atoms with Crippen molar-refractivity contribution in [1.82, 2.24) is 25.4 Å². The number of nitrogens with zero attached hydrogens (tertiary/aromatic N) is 4. The number of amides is 1. The molecule has 0 bridgehead atoms. The quantitative estimate of drug-likeness (QED) is 0.558. The highest BCUT2D eigenvalue weighted by Crippen LogP contribution is 2.24. The minimum Gasteiger partial charge on any atom is -0.361 e. The topological polar surface area (TPSA) is 77.1 Å². The molecule has 31 heavy (non-hydrogen) atoms. The van der Waals surface area contributed by atoms with Gasteiger partial charge in [-0.15, -0.1) is 10.2 Å². The molecule has 1 aliphatic heterocycles. The number of anilines is 1. The van der Waals surface area contributed by atoms with E-state index in [0.717, 1.165) is 37.9 Å². The Morgan fingerprint density at radius 1 is 1.35 bits per heavy atom. The maximum absolute atomic E-state index is 13.3. The molecule has 3 heterocycles. The van der Waals surface area contributed by atoms with Gasteiger partial charge in [0.25, 0.3) is 5.91 Å². The zero-order valence-electron chi connectivity index (χ0n) is 18.0. The lowest BCUT2D eigenvalue weighted by Crippen LogP contribution is -2.52. The lowest BCUT2D eigenvalue weighted by atomic mass is 10.0. The Kier molecular flexibility index (Phi) is 6.82. The molecule has 2 N–H and O–H groups in total. The van der Waals surface area contributed by atoms with Gasteiger partial charge in [-0.25, -0.2) is 4.39 Å². The second-order valence-electron chi connectivity index (χ2n) is 8.15. The molecule has 166 valence electrons. The maximum Gasteiger partial charge on any atom is 0.282 e. The number of aromatic amines is 1. The first-order valence-corrected chi connectivity index (χ1v) is 11.6. The van der Waals surface area contributed by atoms with Gasteiger partial charge in [-0.1, -0.05) is 42.9 Å². The van der Waals surface area contributed by atoms with Crippen LogP contribution in [-0.4, -0.2) is 71.4 Å². The molecule has 0 aliphatic carbocycles. The van der Waals surface area contributed by atoms with Gasteiger partial charge in [0, 0.05) is 42.8 Å². The molecule has 1 aromatic carbocycles. The number of alkyl halides is 1. The predicted molar refractivity (Wildman–Crippen MR) is 123 cm³/mol. The third-order valence-corrected chi connectivity index (χ3v) is 6.93. The number of hydrogen-bond donors (Lipinski definition) is 2. The van der Waals surface area contributed by atoms with Gasteiger partial charge < -0.3 is 15.2 Å². The Morgan fingerprint density at radius 3 is 3.00 bits per heavy atom. The van der Waals surface area contributed by atoms with Crippen molar-refractivity contribution in [3.8, 4) is 0 Å². The second kappa shape index (κ2) is 9.74. The molecule has 0 spiro atoms. The number of rotatable bonds is 8. The number of fused-ring (bicyclic) bond motifs is 1. The first-order chi connectivity index (χ1) is 15.1. The number of aromatic nitrogens is 3. The van der Waals surface area contributed by atoms with E-state index >= 15 is 0 Å². The molecule has 4 rings (SSSR count). The number of hydrogen-bond acceptors (Lipinski definition) is 6. The number of nitrogens with one attached hydrogen (secondary N) is 2. The van der Waals surface area contributed by atoms with Crippen molar-refractivity contribution in [1.29, 1.82) is 0 Å². The molecule has 0 radical (unpaired) electrons. The molecule has 1 aliphatic rings. The van der Waals surface area contributed by atoms with Gasteiger partial charge in [0.2, 0.25) is 10.1 Å². The van der Waals surface area contributed by atoms with Crippen molar-refractivity contribution in [2.45, 2.75) is 38.3 Å². The summed E-state index contributed by atoms with van der Waals surface area (Å²) in [7, 11) is 1.93. The summed E-state index contributed by atoms with van der Waals surface area (Å²) in [5.41, 5.74) is 2.30. The van der Waals surface area contributed by atoms with Crippen molar-refractivity contribution >= 4 is 33.3 Å². The number of piperazine rings is 1. The van der Waals surface area contributed by atoms with E-state index in [1.54, 1.807) is 0 Å². The molecule has 2 aromatic heterocycles. The van der Waals surface area contributed by atoms with Crippen LogP contribution in [0.2, 0.25) is 0 Å². The number of para-hydroxylation sites is 1. The first kappa shape index (κ1) is 21.7. The Balaban J connectivity index is 1.42. The maximum atomic E-state index is 13.3. The van der Waals surface area contributed by atoms with Gasteiger partial charge >= 0.3 is 0 Å². The van der Waals surface area contributed by atoms with E-state index in [9.17, 15) is 9.18 Å². The van der Waals surface area contributed by atoms with E-state index < -0.39 is 6.67 Å². The molecule has 7 nitrogen and oxygen atoms in total. The molecule has 3 aromatic rings. The van der Waals surface area contributed by atoms with Crippen molar-refractivity contribution in [3.05, 3.63) is 41.0 Å². The molecule has 0 saturated carbocycles. The zero-order chi connectivity index (χ0) is 21.8. The molecule has 1 amide bonds. The van der Waals surface area contributed by atoms with Crippen LogP contribution in [0, 0.1) is 0 Å². The molecule has 1 saturated heterocycles. The van der Waals surface area contributed by atoms with Gasteiger partial charge in [0.15, 0.2) is 0 Å². The van der Waals surface area contributed by atoms with Crippen LogP contribution in [0.5, 0.6) is 0 Å². The number of H-pyrrole nitrogens is 1. The highest BCUT2D eigenvalue weighted by Gasteiger charge is 2.27. The smallest absolute Gasteiger partial charge is 0.282 e. The summed E-state index contributed by atoms with van der Waals surface area (Å²) >= 11 is 1.28. The predicted octanol–water partition coefficient (Wildman–Crippen LogP) is 3.25. The Hall–Kier alpha value is -2.52. The number of carbonyl (C=O) groups excluding carboxylic acids is 1. The van der Waals surface area contributed by atoms with Crippen molar-refractivity contribution < 1.29 is 9.18 Å². The SMILES string of the molecule is CCCC(Cc1c[nH]c2ccccc12)NC(=O)c1nnc(N2CCN(C)C(CF)C2)s1. The molecular weight excluding hydrogens is 415 g/mol. The normalized spacial score (nSPS) is 18.4. The van der Waals surface area contributed by atoms with Crippen LogP contribution in [-0.2, 0) is 6.42 Å². The summed E-state index contributed by atoms with van der Waals surface area (Å²) < 4.78 is 13.3. The summed E-state index contributed by atoms with van der Waals surface area (Å²) in [6.45, 7) is 3.79. The van der Waals surface area contributed by atoms with Crippen LogP contribution in [0.1, 0.15) is 35.1 Å². The third kappa shape index (κ3) is 4.88. The molecule has 2 unspecified atom stereocenters. The van der Waals surface area contributed by atoms with Gasteiger partial charge in [-0.3, -0.25) is 9.69 Å². The minimum absolute atomic E-state index is 0.0172. The largest absolute Gasteiger partial charge is 0.361 e. The summed E-state index contributed by atoms with van der Waals surface area (Å²) in [5, 5.41) is 13.7. The highest BCUT2D eigenvalue weighted by molar-refractivity contribution is 7.17. The van der Waals surface area contributed by atoms with Crippen LogP contribution in [0.4, 0.5) is 9.52 Å². The van der Waals surface area contributed by atoms with Crippen molar-refractivity contribution in [2.75, 3.05) is 38.3 Å². The molecule has 1 fully saturated rings. The van der Waals surface area contributed by atoms with E-state index in [4.69, 9.17) is 0 Å². The van der Waals surface area contributed by atoms with Gasteiger partial charge in [-0.05, 0) is 31.5 Å². The van der Waals surface area contributed by atoms with Gasteiger partial charge in [0.05, 0.1) is 6.04 Å². The van der Waals surface area contributed by atoms with Crippen LogP contribution in [0.15, 0.2) is 30.5 Å². The summed E-state index contributed by atoms with van der Waals surface area (Å²) in [6, 6.07) is 8.06. The number of likely N-dealkylation sites (N-methyl/N-ethyl adjacent to an activating group) is 1. The van der Waals surface area contributed by atoms with E-state index in [0.29, 0.717) is 16.7 Å². The van der Waals surface area contributed by atoms with Crippen LogP contribution in [0.25, 0.3) is 10.9 Å². The van der Waals surface area contributed by atoms with E-state index in [1.165, 1.54) is 22.3 Å². The first-order valence-electron chi connectivity index (χ1n) is 10.8. The van der Waals surface area contributed by atoms with E-state index in [1.807, 2.05) is 35.2 Å². The Morgan fingerprint density at radius 2 is 2.19 bits per heavy atom. The number of halogens is 1. The Bertz CT molecular complexity index is 1020.